The van der Waals surface area contributed by atoms with Crippen molar-refractivity contribution in [2.75, 3.05) is 19.8 Å². The predicted octanol–water partition coefficient (Wildman–Crippen LogP) is 0.872. The number of nitrogens with two attached hydrogens (primary N) is 1. The molecule has 2 N–H and O–H groups in total. The van der Waals surface area contributed by atoms with Gasteiger partial charge in [0.05, 0.1) is 0 Å². The molecule has 4 nitrogen and oxygen atoms in total. The van der Waals surface area contributed by atoms with E-state index in [1.54, 1.807) is 27.1 Å². The van der Waals surface area contributed by atoms with Gasteiger partial charge in [0.2, 0.25) is 5.88 Å². The van der Waals surface area contributed by atoms with Crippen LogP contribution in [0, 0.1) is 6.92 Å². The SMILES string of the molecule is Cc1cc(C(=O)N(C)C)c(N)o1. The van der Waals surface area contributed by atoms with Crippen LogP contribution in [0.1, 0.15) is 16.1 Å². The molecule has 0 radical (unpaired) electrons. The Balaban J connectivity index is 3.02. The van der Waals surface area contributed by atoms with Crippen molar-refractivity contribution in [3.05, 3.63) is 17.4 Å². The number of anilines is 1. The second kappa shape index (κ2) is 2.89. The molecule has 0 atom stereocenters. The molecule has 0 saturated heterocycles. The lowest BCUT2D eigenvalue weighted by Crippen LogP contribution is -2.21. The molecule has 1 aromatic heterocycles. The van der Waals surface area contributed by atoms with Crippen molar-refractivity contribution in [2.24, 2.45) is 0 Å². The summed E-state index contributed by atoms with van der Waals surface area (Å²) in [5, 5.41) is 0. The van der Waals surface area contributed by atoms with Gasteiger partial charge in [-0.25, -0.2) is 0 Å². The molecule has 0 aliphatic heterocycles. The molecule has 0 fully saturated rings. The third kappa shape index (κ3) is 1.42. The highest BCUT2D eigenvalue weighted by molar-refractivity contribution is 5.97. The maximum Gasteiger partial charge on any atom is 0.258 e. The van der Waals surface area contributed by atoms with Crippen molar-refractivity contribution >= 4 is 11.8 Å². The molecule has 1 aromatic rings. The Morgan fingerprint density at radius 2 is 2.17 bits per heavy atom. The molecular formula is C8H12N2O2. The monoisotopic (exact) mass is 168 g/mol. The quantitative estimate of drug-likeness (QED) is 0.676. The molecule has 0 aliphatic rings. The van der Waals surface area contributed by atoms with Crippen molar-refractivity contribution in [3.8, 4) is 0 Å². The summed E-state index contributed by atoms with van der Waals surface area (Å²) in [4.78, 5) is 12.8. The van der Waals surface area contributed by atoms with Crippen molar-refractivity contribution in [3.63, 3.8) is 0 Å². The van der Waals surface area contributed by atoms with Crippen LogP contribution in [0.3, 0.4) is 0 Å². The Hall–Kier alpha value is -1.45. The first-order valence-electron chi connectivity index (χ1n) is 3.60. The Bertz CT molecular complexity index is 302. The average Bonchev–Trinajstić information content (AvgIpc) is 2.28. The Morgan fingerprint density at radius 3 is 2.50 bits per heavy atom. The van der Waals surface area contributed by atoms with Gasteiger partial charge in [-0.1, -0.05) is 0 Å². The maximum absolute atomic E-state index is 11.4. The first-order chi connectivity index (χ1) is 5.52. The van der Waals surface area contributed by atoms with Crippen LogP contribution in [-0.2, 0) is 0 Å². The van der Waals surface area contributed by atoms with Gasteiger partial charge < -0.3 is 15.1 Å². The number of hydrogen-bond donors (Lipinski definition) is 1. The van der Waals surface area contributed by atoms with Gasteiger partial charge >= 0.3 is 0 Å². The summed E-state index contributed by atoms with van der Waals surface area (Å²) in [5.74, 6) is 0.702. The third-order valence-corrected chi connectivity index (χ3v) is 1.52. The Kier molecular flexibility index (Phi) is 2.08. The summed E-state index contributed by atoms with van der Waals surface area (Å²) < 4.78 is 5.02. The number of aryl methyl sites for hydroxylation is 1. The number of hydrogen-bond acceptors (Lipinski definition) is 3. The normalized spacial score (nSPS) is 9.92. The number of nitrogen functional groups attached to an aromatic ring is 1. The zero-order valence-electron chi connectivity index (χ0n) is 7.42. The molecule has 0 saturated carbocycles. The van der Waals surface area contributed by atoms with E-state index in [9.17, 15) is 4.79 Å². The van der Waals surface area contributed by atoms with Gasteiger partial charge in [0, 0.05) is 14.1 Å². The van der Waals surface area contributed by atoms with E-state index in [4.69, 9.17) is 10.2 Å². The summed E-state index contributed by atoms with van der Waals surface area (Å²) in [5.41, 5.74) is 5.89. The average molecular weight is 168 g/mol. The zero-order valence-corrected chi connectivity index (χ0v) is 7.42. The van der Waals surface area contributed by atoms with Gasteiger partial charge in [0.25, 0.3) is 5.91 Å². The van der Waals surface area contributed by atoms with Crippen LogP contribution >= 0.6 is 0 Å². The first-order valence-corrected chi connectivity index (χ1v) is 3.60. The van der Waals surface area contributed by atoms with Crippen LogP contribution in [-0.4, -0.2) is 24.9 Å². The van der Waals surface area contributed by atoms with Crippen molar-refractivity contribution in [2.45, 2.75) is 6.92 Å². The second-order valence-electron chi connectivity index (χ2n) is 2.83. The maximum atomic E-state index is 11.4. The number of furan rings is 1. The molecule has 4 heteroatoms. The summed E-state index contributed by atoms with van der Waals surface area (Å²) in [6.07, 6.45) is 0. The number of carbonyl (C=O) groups excluding carboxylic acids is 1. The van der Waals surface area contributed by atoms with Crippen LogP contribution < -0.4 is 5.73 Å². The van der Waals surface area contributed by atoms with Crippen LogP contribution in [0.15, 0.2) is 10.5 Å². The van der Waals surface area contributed by atoms with E-state index in [2.05, 4.69) is 0 Å². The highest BCUT2D eigenvalue weighted by Crippen LogP contribution is 2.17. The Morgan fingerprint density at radius 1 is 1.58 bits per heavy atom. The van der Waals surface area contributed by atoms with E-state index in [0.29, 0.717) is 11.3 Å². The molecular weight excluding hydrogens is 156 g/mol. The topological polar surface area (TPSA) is 59.5 Å². The van der Waals surface area contributed by atoms with Gasteiger partial charge in [-0.2, -0.15) is 0 Å². The lowest BCUT2D eigenvalue weighted by atomic mass is 10.2. The van der Waals surface area contributed by atoms with Crippen molar-refractivity contribution < 1.29 is 9.21 Å². The lowest BCUT2D eigenvalue weighted by molar-refractivity contribution is 0.0828. The van der Waals surface area contributed by atoms with E-state index in [0.717, 1.165) is 0 Å². The van der Waals surface area contributed by atoms with E-state index >= 15 is 0 Å². The molecule has 1 amide bonds. The van der Waals surface area contributed by atoms with Gasteiger partial charge in [-0.15, -0.1) is 0 Å². The number of nitrogens with zero attached hydrogens (tertiary/aromatic N) is 1. The third-order valence-electron chi connectivity index (χ3n) is 1.52. The highest BCUT2D eigenvalue weighted by atomic mass is 16.4. The van der Waals surface area contributed by atoms with Crippen LogP contribution in [0.2, 0.25) is 0 Å². The minimum absolute atomic E-state index is 0.135. The smallest absolute Gasteiger partial charge is 0.258 e. The van der Waals surface area contributed by atoms with Crippen LogP contribution in [0.4, 0.5) is 5.88 Å². The summed E-state index contributed by atoms with van der Waals surface area (Å²) in [7, 11) is 3.34. The molecule has 0 aromatic carbocycles. The van der Waals surface area contributed by atoms with Crippen LogP contribution in [0.5, 0.6) is 0 Å². The largest absolute Gasteiger partial charge is 0.445 e. The molecule has 0 spiro atoms. The van der Waals surface area contributed by atoms with E-state index in [-0.39, 0.29) is 11.8 Å². The molecule has 66 valence electrons. The van der Waals surface area contributed by atoms with Gasteiger partial charge in [0.1, 0.15) is 11.3 Å². The van der Waals surface area contributed by atoms with Gasteiger partial charge in [-0.05, 0) is 13.0 Å². The molecule has 12 heavy (non-hydrogen) atoms. The fourth-order valence-electron chi connectivity index (χ4n) is 0.940. The molecule has 0 bridgehead atoms. The molecule has 1 rings (SSSR count). The molecule has 1 heterocycles. The van der Waals surface area contributed by atoms with E-state index in [1.807, 2.05) is 0 Å². The van der Waals surface area contributed by atoms with Crippen molar-refractivity contribution in [1.29, 1.82) is 0 Å². The van der Waals surface area contributed by atoms with Gasteiger partial charge in [0.15, 0.2) is 0 Å². The predicted molar refractivity (Wildman–Crippen MR) is 45.9 cm³/mol. The van der Waals surface area contributed by atoms with Crippen LogP contribution in [0.25, 0.3) is 0 Å². The second-order valence-corrected chi connectivity index (χ2v) is 2.83. The first kappa shape index (κ1) is 8.64. The summed E-state index contributed by atoms with van der Waals surface area (Å²) in [6, 6.07) is 1.64. The summed E-state index contributed by atoms with van der Waals surface area (Å²) in [6.45, 7) is 1.75. The molecule has 0 unspecified atom stereocenters. The minimum Gasteiger partial charge on any atom is -0.445 e. The highest BCUT2D eigenvalue weighted by Gasteiger charge is 2.15. The number of carbonyl (C=O) groups is 1. The van der Waals surface area contributed by atoms with Gasteiger partial charge in [-0.3, -0.25) is 4.79 Å². The Labute approximate surface area is 70.9 Å². The lowest BCUT2D eigenvalue weighted by Gasteiger charge is -2.07. The number of amides is 1. The standard InChI is InChI=1S/C8H12N2O2/c1-5-4-6(7(9)12-5)8(11)10(2)3/h4H,9H2,1-3H3. The fraction of sp³-hybridized carbons (Fsp3) is 0.375. The van der Waals surface area contributed by atoms with Crippen molar-refractivity contribution in [1.82, 2.24) is 4.90 Å². The number of rotatable bonds is 1. The minimum atomic E-state index is -0.135. The van der Waals surface area contributed by atoms with E-state index in [1.165, 1.54) is 4.90 Å². The zero-order chi connectivity index (χ0) is 9.30. The summed E-state index contributed by atoms with van der Waals surface area (Å²) >= 11 is 0. The molecule has 0 aliphatic carbocycles. The fourth-order valence-corrected chi connectivity index (χ4v) is 0.940. The van der Waals surface area contributed by atoms with E-state index < -0.39 is 0 Å².